The molecule has 0 N–H and O–H groups in total. The molecule has 0 atom stereocenters. The van der Waals surface area contributed by atoms with Gasteiger partial charge in [-0.25, -0.2) is 0 Å². The molecule has 0 radical (unpaired) electrons. The summed E-state index contributed by atoms with van der Waals surface area (Å²) in [6.07, 6.45) is 4.14. The van der Waals surface area contributed by atoms with Crippen molar-refractivity contribution in [3.8, 4) is 0 Å². The maximum atomic E-state index is 12.8. The first-order chi connectivity index (χ1) is 12.8. The second-order valence-corrected chi connectivity index (χ2v) is 6.83. The molecule has 1 aliphatic heterocycles. The van der Waals surface area contributed by atoms with Crippen molar-refractivity contribution >= 4 is 16.7 Å². The first-order valence-electron chi connectivity index (χ1n) is 9.15. The van der Waals surface area contributed by atoms with Crippen molar-refractivity contribution in [1.82, 2.24) is 14.8 Å². The Morgan fingerprint density at radius 2 is 1.62 bits per heavy atom. The molecule has 1 aliphatic rings. The van der Waals surface area contributed by atoms with Gasteiger partial charge >= 0.3 is 0 Å². The van der Waals surface area contributed by atoms with E-state index < -0.39 is 0 Å². The van der Waals surface area contributed by atoms with Crippen LogP contribution >= 0.6 is 0 Å². The number of pyridine rings is 1. The summed E-state index contributed by atoms with van der Waals surface area (Å²) < 4.78 is 0. The van der Waals surface area contributed by atoms with Crippen molar-refractivity contribution in [2.75, 3.05) is 26.2 Å². The molecule has 4 heteroatoms. The summed E-state index contributed by atoms with van der Waals surface area (Å²) in [6.45, 7) is 4.37. The van der Waals surface area contributed by atoms with Crippen LogP contribution in [0.1, 0.15) is 11.1 Å². The Balaban J connectivity index is 1.36. The first kappa shape index (κ1) is 16.7. The quantitative estimate of drug-likeness (QED) is 0.729. The standard InChI is InChI=1S/C22H23N3O/c26-22(16-20-6-3-5-19-4-1-2-7-21(19)20)25-14-12-24(13-15-25)17-18-8-10-23-11-9-18/h1-11H,12-17H2. The highest BCUT2D eigenvalue weighted by molar-refractivity contribution is 5.90. The van der Waals surface area contributed by atoms with Crippen LogP contribution in [-0.4, -0.2) is 46.9 Å². The van der Waals surface area contributed by atoms with Gasteiger partial charge in [0, 0.05) is 45.1 Å². The fraction of sp³-hybridized carbons (Fsp3) is 0.273. The molecule has 0 aliphatic carbocycles. The summed E-state index contributed by atoms with van der Waals surface area (Å²) >= 11 is 0. The number of rotatable bonds is 4. The van der Waals surface area contributed by atoms with Crippen molar-refractivity contribution < 1.29 is 4.79 Å². The smallest absolute Gasteiger partial charge is 0.227 e. The molecule has 0 spiro atoms. The van der Waals surface area contributed by atoms with Gasteiger partial charge in [-0.2, -0.15) is 0 Å². The van der Waals surface area contributed by atoms with Crippen LogP contribution in [0, 0.1) is 0 Å². The molecular formula is C22H23N3O. The topological polar surface area (TPSA) is 36.4 Å². The Labute approximate surface area is 154 Å². The van der Waals surface area contributed by atoms with Gasteiger partial charge in [0.2, 0.25) is 5.91 Å². The summed E-state index contributed by atoms with van der Waals surface area (Å²) in [7, 11) is 0. The lowest BCUT2D eigenvalue weighted by molar-refractivity contribution is -0.132. The molecule has 0 unspecified atom stereocenters. The van der Waals surface area contributed by atoms with E-state index in [4.69, 9.17) is 0 Å². The molecule has 1 fully saturated rings. The van der Waals surface area contributed by atoms with Crippen molar-refractivity contribution in [3.05, 3.63) is 78.1 Å². The van der Waals surface area contributed by atoms with Crippen LogP contribution in [-0.2, 0) is 17.8 Å². The summed E-state index contributed by atoms with van der Waals surface area (Å²) in [5, 5.41) is 2.37. The maximum absolute atomic E-state index is 12.8. The van der Waals surface area contributed by atoms with Crippen LogP contribution in [0.4, 0.5) is 0 Å². The number of fused-ring (bicyclic) bond motifs is 1. The third-order valence-corrected chi connectivity index (χ3v) is 5.10. The van der Waals surface area contributed by atoms with Crippen LogP contribution < -0.4 is 0 Å². The predicted molar refractivity (Wildman–Crippen MR) is 104 cm³/mol. The molecule has 1 aromatic heterocycles. The third kappa shape index (κ3) is 3.75. The van der Waals surface area contributed by atoms with E-state index in [9.17, 15) is 4.79 Å². The molecular weight excluding hydrogens is 322 g/mol. The van der Waals surface area contributed by atoms with E-state index in [-0.39, 0.29) is 5.91 Å². The predicted octanol–water partition coefficient (Wildman–Crippen LogP) is 3.12. The number of nitrogens with zero attached hydrogens (tertiary/aromatic N) is 3. The van der Waals surface area contributed by atoms with Gasteiger partial charge in [0.25, 0.3) is 0 Å². The fourth-order valence-electron chi connectivity index (χ4n) is 3.62. The Bertz CT molecular complexity index is 881. The van der Waals surface area contributed by atoms with E-state index in [2.05, 4.69) is 46.3 Å². The summed E-state index contributed by atoms with van der Waals surface area (Å²) in [6, 6.07) is 18.6. The average molecular weight is 345 g/mol. The van der Waals surface area contributed by atoms with Crippen molar-refractivity contribution in [3.63, 3.8) is 0 Å². The highest BCUT2D eigenvalue weighted by Gasteiger charge is 2.21. The number of carbonyl (C=O) groups is 1. The number of amides is 1. The Morgan fingerprint density at radius 3 is 2.42 bits per heavy atom. The molecule has 3 aromatic rings. The average Bonchev–Trinajstić information content (AvgIpc) is 2.70. The van der Waals surface area contributed by atoms with Crippen molar-refractivity contribution in [2.24, 2.45) is 0 Å². The molecule has 2 aromatic carbocycles. The molecule has 132 valence electrons. The van der Waals surface area contributed by atoms with Crippen molar-refractivity contribution in [2.45, 2.75) is 13.0 Å². The van der Waals surface area contributed by atoms with E-state index >= 15 is 0 Å². The lowest BCUT2D eigenvalue weighted by Crippen LogP contribution is -2.48. The second kappa shape index (κ2) is 7.67. The van der Waals surface area contributed by atoms with Gasteiger partial charge in [-0.1, -0.05) is 42.5 Å². The first-order valence-corrected chi connectivity index (χ1v) is 9.15. The summed E-state index contributed by atoms with van der Waals surface area (Å²) in [4.78, 5) is 21.2. The molecule has 26 heavy (non-hydrogen) atoms. The van der Waals surface area contributed by atoms with Gasteiger partial charge in [-0.3, -0.25) is 14.7 Å². The monoisotopic (exact) mass is 345 g/mol. The maximum Gasteiger partial charge on any atom is 0.227 e. The molecule has 4 rings (SSSR count). The number of piperazine rings is 1. The number of hydrogen-bond acceptors (Lipinski definition) is 3. The number of hydrogen-bond donors (Lipinski definition) is 0. The van der Waals surface area contributed by atoms with Crippen molar-refractivity contribution in [1.29, 1.82) is 0 Å². The zero-order valence-corrected chi connectivity index (χ0v) is 14.8. The zero-order valence-electron chi connectivity index (χ0n) is 14.8. The van der Waals surface area contributed by atoms with Crippen LogP contribution in [0.5, 0.6) is 0 Å². The summed E-state index contributed by atoms with van der Waals surface area (Å²) in [5.41, 5.74) is 2.39. The fourth-order valence-corrected chi connectivity index (χ4v) is 3.62. The largest absolute Gasteiger partial charge is 0.340 e. The van der Waals surface area contributed by atoms with Crippen LogP contribution in [0.25, 0.3) is 10.8 Å². The van der Waals surface area contributed by atoms with Gasteiger partial charge < -0.3 is 4.90 Å². The lowest BCUT2D eigenvalue weighted by Gasteiger charge is -2.35. The molecule has 2 heterocycles. The minimum atomic E-state index is 0.227. The number of carbonyl (C=O) groups excluding carboxylic acids is 1. The molecule has 1 amide bonds. The number of aromatic nitrogens is 1. The highest BCUT2D eigenvalue weighted by Crippen LogP contribution is 2.20. The van der Waals surface area contributed by atoms with Gasteiger partial charge in [0.05, 0.1) is 6.42 Å². The molecule has 1 saturated heterocycles. The van der Waals surface area contributed by atoms with Crippen LogP contribution in [0.2, 0.25) is 0 Å². The van der Waals surface area contributed by atoms with Gasteiger partial charge in [-0.05, 0) is 34.0 Å². The molecule has 4 nitrogen and oxygen atoms in total. The van der Waals surface area contributed by atoms with Gasteiger partial charge in [-0.15, -0.1) is 0 Å². The van der Waals surface area contributed by atoms with E-state index in [1.54, 1.807) is 0 Å². The Kier molecular flexibility index (Phi) is 4.93. The van der Waals surface area contributed by atoms with E-state index in [1.807, 2.05) is 35.5 Å². The Hall–Kier alpha value is -2.72. The minimum absolute atomic E-state index is 0.227. The van der Waals surface area contributed by atoms with E-state index in [0.29, 0.717) is 6.42 Å². The lowest BCUT2D eigenvalue weighted by atomic mass is 10.0. The number of benzene rings is 2. The summed E-state index contributed by atoms with van der Waals surface area (Å²) in [5.74, 6) is 0.227. The van der Waals surface area contributed by atoms with Gasteiger partial charge in [0.1, 0.15) is 0 Å². The van der Waals surface area contributed by atoms with Crippen LogP contribution in [0.15, 0.2) is 67.0 Å². The van der Waals surface area contributed by atoms with E-state index in [1.165, 1.54) is 16.3 Å². The van der Waals surface area contributed by atoms with E-state index in [0.717, 1.165) is 38.3 Å². The minimum Gasteiger partial charge on any atom is -0.340 e. The normalized spacial score (nSPS) is 15.3. The SMILES string of the molecule is O=C(Cc1cccc2ccccc12)N1CCN(Cc2ccncc2)CC1. The zero-order chi connectivity index (χ0) is 17.8. The second-order valence-electron chi connectivity index (χ2n) is 6.83. The third-order valence-electron chi connectivity index (χ3n) is 5.10. The Morgan fingerprint density at radius 1 is 0.885 bits per heavy atom. The molecule has 0 bridgehead atoms. The molecule has 0 saturated carbocycles. The van der Waals surface area contributed by atoms with Crippen LogP contribution in [0.3, 0.4) is 0 Å². The van der Waals surface area contributed by atoms with Gasteiger partial charge in [0.15, 0.2) is 0 Å². The highest BCUT2D eigenvalue weighted by atomic mass is 16.2.